The van der Waals surface area contributed by atoms with Crippen LogP contribution in [0, 0.1) is 0 Å². The van der Waals surface area contributed by atoms with Crippen molar-refractivity contribution >= 4 is 39.5 Å². The highest BCUT2D eigenvalue weighted by Gasteiger charge is 2.22. The minimum Gasteiger partial charge on any atom is -0.368 e. The SMILES string of the molecule is NC(=O)[C@H](Cc1c[nH]c2ccccc12)NC(=O)CNC(=O)[C@@H](N)Cc1c[nH]c2ccccc12. The maximum atomic E-state index is 12.4. The fourth-order valence-electron chi connectivity index (χ4n) is 3.92. The molecule has 4 aromatic rings. The molecule has 0 bridgehead atoms. The molecule has 0 saturated heterocycles. The quantitative estimate of drug-likeness (QED) is 0.225. The zero-order valence-corrected chi connectivity index (χ0v) is 17.9. The van der Waals surface area contributed by atoms with Crippen molar-refractivity contribution in [3.8, 4) is 0 Å². The summed E-state index contributed by atoms with van der Waals surface area (Å²) in [6, 6.07) is 13.7. The van der Waals surface area contributed by atoms with Crippen molar-refractivity contribution in [2.24, 2.45) is 11.5 Å². The van der Waals surface area contributed by atoms with E-state index in [0.717, 1.165) is 32.9 Å². The highest BCUT2D eigenvalue weighted by Crippen LogP contribution is 2.20. The third kappa shape index (κ3) is 5.04. The molecule has 170 valence electrons. The largest absolute Gasteiger partial charge is 0.368 e. The lowest BCUT2D eigenvalue weighted by Crippen LogP contribution is -2.51. The Hall–Kier alpha value is -4.11. The zero-order valence-electron chi connectivity index (χ0n) is 17.9. The van der Waals surface area contributed by atoms with Crippen molar-refractivity contribution in [1.29, 1.82) is 0 Å². The van der Waals surface area contributed by atoms with Gasteiger partial charge in [0.15, 0.2) is 0 Å². The molecule has 2 aromatic carbocycles. The van der Waals surface area contributed by atoms with Crippen LogP contribution in [0.3, 0.4) is 0 Å². The smallest absolute Gasteiger partial charge is 0.240 e. The molecule has 0 aliphatic carbocycles. The number of nitrogens with two attached hydrogens (primary N) is 2. The molecule has 9 nitrogen and oxygen atoms in total. The molecule has 3 amide bonds. The lowest BCUT2D eigenvalue weighted by atomic mass is 10.0. The summed E-state index contributed by atoms with van der Waals surface area (Å²) in [6.07, 6.45) is 4.17. The Morgan fingerprint density at radius 2 is 1.39 bits per heavy atom. The van der Waals surface area contributed by atoms with Gasteiger partial charge in [-0.25, -0.2) is 0 Å². The molecule has 0 aliphatic rings. The van der Waals surface area contributed by atoms with Crippen LogP contribution in [-0.4, -0.2) is 46.3 Å². The summed E-state index contributed by atoms with van der Waals surface area (Å²) < 4.78 is 0. The van der Waals surface area contributed by atoms with Gasteiger partial charge in [-0.05, 0) is 29.7 Å². The molecule has 0 radical (unpaired) electrons. The van der Waals surface area contributed by atoms with Crippen molar-refractivity contribution < 1.29 is 14.4 Å². The number of amides is 3. The van der Waals surface area contributed by atoms with E-state index in [1.807, 2.05) is 54.7 Å². The van der Waals surface area contributed by atoms with E-state index in [2.05, 4.69) is 20.6 Å². The first-order chi connectivity index (χ1) is 15.9. The molecule has 0 spiro atoms. The van der Waals surface area contributed by atoms with E-state index in [1.165, 1.54) is 0 Å². The first-order valence-corrected chi connectivity index (χ1v) is 10.6. The summed E-state index contributed by atoms with van der Waals surface area (Å²) in [5, 5.41) is 7.08. The first kappa shape index (κ1) is 22.1. The highest BCUT2D eigenvalue weighted by molar-refractivity contribution is 5.92. The van der Waals surface area contributed by atoms with Crippen LogP contribution in [0.25, 0.3) is 21.8 Å². The fourth-order valence-corrected chi connectivity index (χ4v) is 3.92. The molecule has 2 heterocycles. The van der Waals surface area contributed by atoms with E-state index in [1.54, 1.807) is 6.20 Å². The monoisotopic (exact) mass is 446 g/mol. The average molecular weight is 447 g/mol. The van der Waals surface area contributed by atoms with Gasteiger partial charge < -0.3 is 32.1 Å². The maximum Gasteiger partial charge on any atom is 0.240 e. The number of carbonyl (C=O) groups excluding carboxylic acids is 3. The molecule has 33 heavy (non-hydrogen) atoms. The lowest BCUT2D eigenvalue weighted by molar-refractivity contribution is -0.129. The Bertz CT molecular complexity index is 1310. The van der Waals surface area contributed by atoms with Crippen molar-refractivity contribution in [2.45, 2.75) is 24.9 Å². The third-order valence-electron chi connectivity index (χ3n) is 5.65. The second-order valence-corrected chi connectivity index (χ2v) is 7.97. The van der Waals surface area contributed by atoms with Crippen LogP contribution in [-0.2, 0) is 27.2 Å². The molecule has 9 heteroatoms. The van der Waals surface area contributed by atoms with Crippen LogP contribution in [0.4, 0.5) is 0 Å². The van der Waals surface area contributed by atoms with Gasteiger partial charge in [-0.15, -0.1) is 0 Å². The zero-order chi connectivity index (χ0) is 23.4. The minimum absolute atomic E-state index is 0.235. The van der Waals surface area contributed by atoms with E-state index in [4.69, 9.17) is 11.5 Å². The summed E-state index contributed by atoms with van der Waals surface area (Å²) >= 11 is 0. The van der Waals surface area contributed by atoms with Crippen LogP contribution >= 0.6 is 0 Å². The molecule has 2 atom stereocenters. The highest BCUT2D eigenvalue weighted by atomic mass is 16.2. The van der Waals surface area contributed by atoms with Gasteiger partial charge >= 0.3 is 0 Å². The molecular weight excluding hydrogens is 420 g/mol. The van der Waals surface area contributed by atoms with Gasteiger partial charge in [-0.2, -0.15) is 0 Å². The number of carbonyl (C=O) groups is 3. The number of benzene rings is 2. The number of primary amides is 1. The summed E-state index contributed by atoms with van der Waals surface area (Å²) in [6.45, 7) is -0.307. The normalized spacial score (nSPS) is 13.0. The van der Waals surface area contributed by atoms with Crippen LogP contribution in [0.1, 0.15) is 11.1 Å². The number of fused-ring (bicyclic) bond motifs is 2. The first-order valence-electron chi connectivity index (χ1n) is 10.6. The molecule has 0 saturated carbocycles. The van der Waals surface area contributed by atoms with Gasteiger partial charge in [-0.1, -0.05) is 36.4 Å². The topological polar surface area (TPSA) is 159 Å². The molecule has 0 unspecified atom stereocenters. The van der Waals surface area contributed by atoms with Gasteiger partial charge in [-0.3, -0.25) is 14.4 Å². The Morgan fingerprint density at radius 1 is 0.848 bits per heavy atom. The van der Waals surface area contributed by atoms with Crippen molar-refractivity contribution in [3.63, 3.8) is 0 Å². The van der Waals surface area contributed by atoms with E-state index < -0.39 is 29.8 Å². The summed E-state index contributed by atoms with van der Waals surface area (Å²) in [5.74, 6) is -1.63. The van der Waals surface area contributed by atoms with E-state index in [0.29, 0.717) is 6.42 Å². The van der Waals surface area contributed by atoms with Gasteiger partial charge in [0.1, 0.15) is 6.04 Å². The second kappa shape index (κ2) is 9.58. The van der Waals surface area contributed by atoms with Gasteiger partial charge in [0.05, 0.1) is 12.6 Å². The third-order valence-corrected chi connectivity index (χ3v) is 5.65. The van der Waals surface area contributed by atoms with Gasteiger partial charge in [0.25, 0.3) is 0 Å². The number of aromatic nitrogens is 2. The van der Waals surface area contributed by atoms with Crippen LogP contribution in [0.5, 0.6) is 0 Å². The van der Waals surface area contributed by atoms with Crippen molar-refractivity contribution in [2.75, 3.05) is 6.54 Å². The molecule has 0 aliphatic heterocycles. The van der Waals surface area contributed by atoms with Gasteiger partial charge in [0, 0.05) is 40.6 Å². The number of hydrogen-bond donors (Lipinski definition) is 6. The molecule has 2 aromatic heterocycles. The second-order valence-electron chi connectivity index (χ2n) is 7.97. The predicted octanol–water partition coefficient (Wildman–Crippen LogP) is 0.848. The molecule has 0 fully saturated rings. The Labute approximate surface area is 189 Å². The summed E-state index contributed by atoms with van der Waals surface area (Å²) in [4.78, 5) is 43.0. The summed E-state index contributed by atoms with van der Waals surface area (Å²) in [7, 11) is 0. The minimum atomic E-state index is -0.909. The number of para-hydroxylation sites is 2. The number of rotatable bonds is 9. The number of H-pyrrole nitrogens is 2. The van der Waals surface area contributed by atoms with E-state index in [9.17, 15) is 14.4 Å². The average Bonchev–Trinajstić information content (AvgIpc) is 3.41. The van der Waals surface area contributed by atoms with Crippen LogP contribution in [0.15, 0.2) is 60.9 Å². The van der Waals surface area contributed by atoms with Crippen molar-refractivity contribution in [3.05, 3.63) is 72.1 Å². The Balaban J connectivity index is 1.31. The standard InChI is InChI=1S/C24H26N6O3/c25-18(9-14-11-27-19-7-3-1-5-16(14)19)24(33)29-13-22(31)30-21(23(26)32)10-15-12-28-20-8-4-2-6-17(15)20/h1-8,11-12,18,21,27-28H,9-10,13,25H2,(H2,26,32)(H,29,33)(H,30,31)/t18-,21-/m0/s1. The molecule has 4 rings (SSSR count). The van der Waals surface area contributed by atoms with Crippen LogP contribution in [0.2, 0.25) is 0 Å². The number of aromatic amines is 2. The summed E-state index contributed by atoms with van der Waals surface area (Å²) in [5.41, 5.74) is 15.2. The fraction of sp³-hybridized carbons (Fsp3) is 0.208. The Kier molecular flexibility index (Phi) is 6.41. The van der Waals surface area contributed by atoms with Gasteiger partial charge in [0.2, 0.25) is 17.7 Å². The molecule has 8 N–H and O–H groups in total. The van der Waals surface area contributed by atoms with Crippen molar-refractivity contribution in [1.82, 2.24) is 20.6 Å². The maximum absolute atomic E-state index is 12.4. The van der Waals surface area contributed by atoms with E-state index in [-0.39, 0.29) is 13.0 Å². The molecular formula is C24H26N6O3. The van der Waals surface area contributed by atoms with Crippen LogP contribution < -0.4 is 22.1 Å². The Morgan fingerprint density at radius 3 is 1.97 bits per heavy atom. The number of nitrogens with one attached hydrogen (secondary N) is 4. The predicted molar refractivity (Wildman–Crippen MR) is 126 cm³/mol. The van der Waals surface area contributed by atoms with E-state index >= 15 is 0 Å². The lowest BCUT2D eigenvalue weighted by Gasteiger charge is -2.16. The number of hydrogen-bond acceptors (Lipinski definition) is 4.